The summed E-state index contributed by atoms with van der Waals surface area (Å²) in [5, 5.41) is 13.8. The van der Waals surface area contributed by atoms with Crippen LogP contribution in [0, 0.1) is 12.3 Å². The van der Waals surface area contributed by atoms with Crippen LogP contribution in [0.2, 0.25) is 5.02 Å². The molecule has 5 heterocycles. The Balaban J connectivity index is 1.11. The lowest BCUT2D eigenvalue weighted by molar-refractivity contribution is -0.134. The van der Waals surface area contributed by atoms with Crippen molar-refractivity contribution in [3.8, 4) is 12.3 Å². The number of nitrogens with two attached hydrogens (primary N) is 1. The molecule has 3 fully saturated rings. The number of urea groups is 2. The maximum absolute atomic E-state index is 14.0. The second-order valence-electron chi connectivity index (χ2n) is 12.3. The van der Waals surface area contributed by atoms with Crippen LogP contribution in [-0.2, 0) is 17.8 Å². The lowest BCUT2D eigenvalue weighted by atomic mass is 9.98. The first-order chi connectivity index (χ1) is 21.8. The molecule has 240 valence electrons. The number of benzene rings is 1. The van der Waals surface area contributed by atoms with Gasteiger partial charge in [0, 0.05) is 87.4 Å². The van der Waals surface area contributed by atoms with E-state index in [2.05, 4.69) is 32.2 Å². The zero-order valence-corrected chi connectivity index (χ0v) is 27.0. The number of amides is 5. The molecule has 5 N–H and O–H groups in total. The van der Waals surface area contributed by atoms with Crippen molar-refractivity contribution in [2.24, 2.45) is 0 Å². The summed E-state index contributed by atoms with van der Waals surface area (Å²) in [5.74, 6) is 2.46. The predicted octanol–water partition coefficient (Wildman–Crippen LogP) is 2.99. The van der Waals surface area contributed by atoms with Crippen molar-refractivity contribution in [2.75, 3.05) is 63.4 Å². The van der Waals surface area contributed by atoms with Crippen molar-refractivity contribution < 1.29 is 14.4 Å². The summed E-state index contributed by atoms with van der Waals surface area (Å²) < 4.78 is 0. The van der Waals surface area contributed by atoms with Gasteiger partial charge in [-0.25, -0.2) is 9.59 Å². The number of carbonyl (C=O) groups excluding carboxylic acids is 3. The lowest BCUT2D eigenvalue weighted by Crippen LogP contribution is -2.58. The van der Waals surface area contributed by atoms with Crippen LogP contribution in [0.5, 0.6) is 0 Å². The van der Waals surface area contributed by atoms with Crippen LogP contribution in [-0.4, -0.2) is 108 Å². The Hall–Kier alpha value is -3.50. The van der Waals surface area contributed by atoms with E-state index in [1.54, 1.807) is 28.4 Å². The fourth-order valence-electron chi connectivity index (χ4n) is 6.98. The van der Waals surface area contributed by atoms with Crippen molar-refractivity contribution in [1.82, 2.24) is 30.2 Å². The number of halogens is 1. The molecule has 45 heavy (non-hydrogen) atoms. The molecule has 1 atom stereocenters. The average Bonchev–Trinajstić information content (AvgIpc) is 3.53. The highest BCUT2D eigenvalue weighted by atomic mass is 35.5. The molecule has 0 radical (unpaired) electrons. The van der Waals surface area contributed by atoms with Gasteiger partial charge in [-0.15, -0.1) is 17.8 Å². The minimum Gasteiger partial charge on any atom is -0.397 e. The number of hydrogen-bond acceptors (Lipinski definition) is 7. The third-order valence-electron chi connectivity index (χ3n) is 9.60. The van der Waals surface area contributed by atoms with Gasteiger partial charge in [0.1, 0.15) is 6.04 Å². The fraction of sp³-hybridized carbons (Fsp3) is 0.531. The van der Waals surface area contributed by atoms with Crippen LogP contribution in [0.4, 0.5) is 21.0 Å². The third kappa shape index (κ3) is 7.02. The zero-order chi connectivity index (χ0) is 31.5. The number of hydrogen-bond donors (Lipinski definition) is 4. The minimum absolute atomic E-state index is 0.0376. The zero-order valence-electron chi connectivity index (χ0n) is 25.4. The number of nitrogens with one attached hydrogen (secondary N) is 3. The average molecular weight is 653 g/mol. The van der Waals surface area contributed by atoms with Crippen molar-refractivity contribution in [2.45, 2.75) is 56.8 Å². The van der Waals surface area contributed by atoms with Gasteiger partial charge in [0.2, 0.25) is 5.91 Å². The first-order valence-corrected chi connectivity index (χ1v) is 17.1. The predicted molar refractivity (Wildman–Crippen MR) is 177 cm³/mol. The SMILES string of the molecule is C#Cc1cc(C[C@@H](NC(=O)N2CCC(N3Cc4cscc4NC3=O)CC2)C(=O)N2CCC(N3CCNCC3)CC2)cc(Cl)c1N. The number of anilines is 2. The fourth-order valence-corrected chi connectivity index (χ4v) is 8.00. The molecule has 3 saturated heterocycles. The van der Waals surface area contributed by atoms with Gasteiger partial charge in [-0.1, -0.05) is 17.5 Å². The van der Waals surface area contributed by atoms with Gasteiger partial charge in [0.05, 0.1) is 22.9 Å². The molecule has 4 aliphatic rings. The molecule has 0 spiro atoms. The molecular weight excluding hydrogens is 612 g/mol. The maximum Gasteiger partial charge on any atom is 0.322 e. The molecule has 0 aliphatic carbocycles. The first kappa shape index (κ1) is 31.5. The molecule has 4 aliphatic heterocycles. The van der Waals surface area contributed by atoms with E-state index in [9.17, 15) is 14.4 Å². The van der Waals surface area contributed by atoms with Crippen molar-refractivity contribution in [3.05, 3.63) is 44.6 Å². The van der Waals surface area contributed by atoms with Gasteiger partial charge >= 0.3 is 12.1 Å². The van der Waals surface area contributed by atoms with Gasteiger partial charge in [-0.05, 0) is 48.8 Å². The molecule has 1 aromatic heterocycles. The second kappa shape index (κ2) is 13.9. The Bertz CT molecular complexity index is 1450. The Kier molecular flexibility index (Phi) is 9.70. The molecule has 1 aromatic carbocycles. The normalized spacial score (nSPS) is 20.7. The molecule has 2 aromatic rings. The van der Waals surface area contributed by atoms with Crippen LogP contribution < -0.4 is 21.7 Å². The van der Waals surface area contributed by atoms with Crippen LogP contribution in [0.1, 0.15) is 42.4 Å². The Morgan fingerprint density at radius 2 is 1.73 bits per heavy atom. The highest BCUT2D eigenvalue weighted by molar-refractivity contribution is 7.08. The summed E-state index contributed by atoms with van der Waals surface area (Å²) in [5.41, 5.74) is 9.58. The topological polar surface area (TPSA) is 126 Å². The van der Waals surface area contributed by atoms with E-state index in [-0.39, 0.29) is 30.4 Å². The van der Waals surface area contributed by atoms with Crippen molar-refractivity contribution in [3.63, 3.8) is 0 Å². The summed E-state index contributed by atoms with van der Waals surface area (Å²) in [4.78, 5) is 48.4. The summed E-state index contributed by atoms with van der Waals surface area (Å²) >= 11 is 7.96. The highest BCUT2D eigenvalue weighted by Crippen LogP contribution is 2.31. The van der Waals surface area contributed by atoms with Gasteiger partial charge in [-0.2, -0.15) is 0 Å². The lowest BCUT2D eigenvalue weighted by Gasteiger charge is -2.41. The monoisotopic (exact) mass is 652 g/mol. The Morgan fingerprint density at radius 1 is 1.04 bits per heavy atom. The van der Waals surface area contributed by atoms with Crippen molar-refractivity contribution >= 4 is 52.3 Å². The van der Waals surface area contributed by atoms with E-state index >= 15 is 0 Å². The number of fused-ring (bicyclic) bond motifs is 1. The number of piperazine rings is 1. The maximum atomic E-state index is 14.0. The Labute approximate surface area is 273 Å². The van der Waals surface area contributed by atoms with Crippen molar-refractivity contribution in [1.29, 1.82) is 0 Å². The molecule has 0 saturated carbocycles. The molecule has 13 heteroatoms. The van der Waals surface area contributed by atoms with Gasteiger partial charge < -0.3 is 36.4 Å². The summed E-state index contributed by atoms with van der Waals surface area (Å²) in [6.07, 6.45) is 9.05. The molecule has 6 rings (SSSR count). The first-order valence-electron chi connectivity index (χ1n) is 15.8. The van der Waals surface area contributed by atoms with Gasteiger partial charge in [0.15, 0.2) is 0 Å². The summed E-state index contributed by atoms with van der Waals surface area (Å²) in [6.45, 7) is 6.89. The van der Waals surface area contributed by atoms with E-state index in [0.717, 1.165) is 55.8 Å². The number of terminal acetylenes is 1. The summed E-state index contributed by atoms with van der Waals surface area (Å²) in [6, 6.07) is 2.81. The van der Waals surface area contributed by atoms with E-state index in [1.165, 1.54) is 0 Å². The number of rotatable bonds is 6. The quantitative estimate of drug-likeness (QED) is 0.281. The standard InChI is InChI=1S/C32H41ClN8O3S/c1-2-22-15-21(16-26(33)29(22)34)17-27(30(42)39-9-3-24(4-10-39)38-13-7-35-8-14-38)36-31(43)40-11-5-25(6-12-40)41-18-23-19-45-20-28(23)37-32(41)44/h1,15-16,19-20,24-25,27,35H,3-14,17-18,34H2,(H,36,43)(H,37,44)/t27-/m1/s1. The van der Waals surface area contributed by atoms with Crippen LogP contribution in [0.15, 0.2) is 22.9 Å². The van der Waals surface area contributed by atoms with Gasteiger partial charge in [-0.3, -0.25) is 9.69 Å². The largest absolute Gasteiger partial charge is 0.397 e. The number of nitrogen functional groups attached to an aromatic ring is 1. The van der Waals surface area contributed by atoms with Gasteiger partial charge in [0.25, 0.3) is 0 Å². The third-order valence-corrected chi connectivity index (χ3v) is 10.7. The van der Waals surface area contributed by atoms with Crippen LogP contribution in [0.25, 0.3) is 0 Å². The van der Waals surface area contributed by atoms with Crippen LogP contribution >= 0.6 is 22.9 Å². The van der Waals surface area contributed by atoms with E-state index in [4.69, 9.17) is 23.8 Å². The number of thiophene rings is 1. The number of likely N-dealkylation sites (tertiary alicyclic amines) is 2. The molecule has 0 bridgehead atoms. The van der Waals surface area contributed by atoms with Crippen LogP contribution in [0.3, 0.4) is 0 Å². The summed E-state index contributed by atoms with van der Waals surface area (Å²) in [7, 11) is 0. The molecule has 0 unspecified atom stereocenters. The molecule has 11 nitrogen and oxygen atoms in total. The highest BCUT2D eigenvalue weighted by Gasteiger charge is 2.36. The number of nitrogens with zero attached hydrogens (tertiary/aromatic N) is 4. The smallest absolute Gasteiger partial charge is 0.322 e. The molecule has 5 amide bonds. The number of carbonyl (C=O) groups is 3. The molecular formula is C32H41ClN8O3S. The number of piperidine rings is 2. The van der Waals surface area contributed by atoms with E-state index < -0.39 is 6.04 Å². The second-order valence-corrected chi connectivity index (χ2v) is 13.5. The van der Waals surface area contributed by atoms with E-state index in [1.807, 2.05) is 15.2 Å². The minimum atomic E-state index is -0.791. The van der Waals surface area contributed by atoms with E-state index in [0.29, 0.717) is 67.9 Å². The Morgan fingerprint density at radius 3 is 2.44 bits per heavy atom.